The molecule has 0 aliphatic carbocycles. The number of piperidine rings is 1. The maximum absolute atomic E-state index is 11.2. The number of nitrogens with zero attached hydrogens (tertiary/aromatic N) is 5. The van der Waals surface area contributed by atoms with Gasteiger partial charge in [-0.25, -0.2) is 19.7 Å². The first-order chi connectivity index (χ1) is 13.5. The molecule has 28 heavy (non-hydrogen) atoms. The average molecular weight is 422 g/mol. The molecule has 0 unspecified atom stereocenters. The summed E-state index contributed by atoms with van der Waals surface area (Å²) in [5.74, 6) is 0.623. The quantitative estimate of drug-likeness (QED) is 0.257. The summed E-state index contributed by atoms with van der Waals surface area (Å²) >= 11 is 7.33. The van der Waals surface area contributed by atoms with Gasteiger partial charge < -0.3 is 14.8 Å². The molecular formula is C18H20ClN5O3S. The molecule has 3 heterocycles. The van der Waals surface area contributed by atoms with Crippen molar-refractivity contribution in [3.8, 4) is 5.75 Å². The predicted molar refractivity (Wildman–Crippen MR) is 107 cm³/mol. The van der Waals surface area contributed by atoms with Gasteiger partial charge in [-0.05, 0) is 26.0 Å². The summed E-state index contributed by atoms with van der Waals surface area (Å²) in [5.41, 5.74) is 2.31. The van der Waals surface area contributed by atoms with Crippen molar-refractivity contribution in [2.45, 2.75) is 30.8 Å². The van der Waals surface area contributed by atoms with Crippen molar-refractivity contribution in [3.63, 3.8) is 0 Å². The zero-order valence-corrected chi connectivity index (χ0v) is 17.1. The van der Waals surface area contributed by atoms with Crippen molar-refractivity contribution >= 4 is 35.2 Å². The fourth-order valence-electron chi connectivity index (χ4n) is 3.02. The molecule has 1 saturated heterocycles. The predicted octanol–water partition coefficient (Wildman–Crippen LogP) is 3.91. The molecule has 0 saturated carbocycles. The number of thioether (sulfide) groups is 1. The van der Waals surface area contributed by atoms with Crippen LogP contribution in [-0.4, -0.2) is 56.1 Å². The van der Waals surface area contributed by atoms with Crippen LogP contribution in [0, 0.1) is 0 Å². The molecule has 0 spiro atoms. The van der Waals surface area contributed by atoms with E-state index in [1.807, 2.05) is 13.2 Å². The Hall–Kier alpha value is -2.39. The molecule has 1 aliphatic heterocycles. The number of amides is 1. The van der Waals surface area contributed by atoms with Gasteiger partial charge in [0.1, 0.15) is 5.15 Å². The second-order valence-electron chi connectivity index (χ2n) is 6.28. The van der Waals surface area contributed by atoms with Crippen molar-refractivity contribution in [1.82, 2.24) is 19.9 Å². The molecule has 0 aromatic carbocycles. The lowest BCUT2D eigenvalue weighted by molar-refractivity contribution is 0.131. The number of likely N-dealkylation sites (tertiary alicyclic amines) is 1. The van der Waals surface area contributed by atoms with Crippen molar-refractivity contribution < 1.29 is 14.7 Å². The molecule has 8 nitrogen and oxygen atoms in total. The number of hydrogen-bond donors (Lipinski definition) is 1. The van der Waals surface area contributed by atoms with Crippen molar-refractivity contribution in [2.24, 2.45) is 5.16 Å². The van der Waals surface area contributed by atoms with Crippen LogP contribution in [0.4, 0.5) is 4.79 Å². The highest BCUT2D eigenvalue weighted by molar-refractivity contribution is 7.98. The van der Waals surface area contributed by atoms with Gasteiger partial charge in [-0.2, -0.15) is 0 Å². The first-order valence-electron chi connectivity index (χ1n) is 8.70. The van der Waals surface area contributed by atoms with Crippen LogP contribution in [0.1, 0.15) is 36.9 Å². The lowest BCUT2D eigenvalue weighted by Crippen LogP contribution is -2.37. The largest absolute Gasteiger partial charge is 0.465 e. The molecule has 1 N–H and O–H groups in total. The van der Waals surface area contributed by atoms with Crippen LogP contribution in [0.25, 0.3) is 0 Å². The molecule has 10 heteroatoms. The van der Waals surface area contributed by atoms with E-state index in [0.717, 1.165) is 11.3 Å². The van der Waals surface area contributed by atoms with Gasteiger partial charge in [0.25, 0.3) is 0 Å². The summed E-state index contributed by atoms with van der Waals surface area (Å²) in [7, 11) is 0. The van der Waals surface area contributed by atoms with E-state index in [-0.39, 0.29) is 5.92 Å². The molecule has 148 valence electrons. The maximum Gasteiger partial charge on any atom is 0.407 e. The number of halogens is 1. The normalized spacial score (nSPS) is 15.5. The summed E-state index contributed by atoms with van der Waals surface area (Å²) in [6.45, 7) is 2.80. The number of hydrogen-bond acceptors (Lipinski definition) is 7. The lowest BCUT2D eigenvalue weighted by atomic mass is 9.90. The van der Waals surface area contributed by atoms with Crippen LogP contribution in [0.3, 0.4) is 0 Å². The summed E-state index contributed by atoms with van der Waals surface area (Å²) in [6, 6.07) is 3.24. The number of pyridine rings is 1. The monoisotopic (exact) mass is 421 g/mol. The van der Waals surface area contributed by atoms with Crippen molar-refractivity contribution in [1.29, 1.82) is 0 Å². The molecular weight excluding hydrogens is 402 g/mol. The molecule has 0 bridgehead atoms. The van der Waals surface area contributed by atoms with Gasteiger partial charge in [0.05, 0.1) is 11.4 Å². The van der Waals surface area contributed by atoms with E-state index in [1.165, 1.54) is 16.7 Å². The van der Waals surface area contributed by atoms with E-state index in [4.69, 9.17) is 26.5 Å². The molecule has 1 aliphatic rings. The zero-order chi connectivity index (χ0) is 20.1. The second kappa shape index (κ2) is 9.20. The summed E-state index contributed by atoms with van der Waals surface area (Å²) in [4.78, 5) is 31.0. The van der Waals surface area contributed by atoms with Gasteiger partial charge in [-0.3, -0.25) is 0 Å². The summed E-state index contributed by atoms with van der Waals surface area (Å²) in [5, 5.41) is 14.4. The Morgan fingerprint density at radius 1 is 1.39 bits per heavy atom. The van der Waals surface area contributed by atoms with E-state index < -0.39 is 6.09 Å². The summed E-state index contributed by atoms with van der Waals surface area (Å²) in [6.07, 6.45) is 5.74. The first kappa shape index (κ1) is 20.3. The standard InChI is InChI=1S/C18H20ClN5O3S/c1-11(23-27-13-3-6-20-15(19)9-13)14-10-21-17(28-2)22-16(14)12-4-7-24(8-5-12)18(25)26/h3,6,9-10,12H,4-5,7-8H2,1-2H3,(H,25,26). The van der Waals surface area contributed by atoms with Crippen LogP contribution in [-0.2, 0) is 0 Å². The minimum atomic E-state index is -0.881. The topological polar surface area (TPSA) is 101 Å². The first-order valence-corrected chi connectivity index (χ1v) is 10.3. The SMILES string of the molecule is CSc1ncc(C(C)=NOc2ccnc(Cl)c2)c(C2CCN(C(=O)O)CC2)n1. The molecule has 0 atom stereocenters. The molecule has 1 fully saturated rings. The molecule has 0 radical (unpaired) electrons. The number of aromatic nitrogens is 3. The minimum absolute atomic E-state index is 0.139. The van der Waals surface area contributed by atoms with Gasteiger partial charge in [-0.1, -0.05) is 28.5 Å². The Labute approximate surface area is 172 Å². The van der Waals surface area contributed by atoms with E-state index in [1.54, 1.807) is 24.5 Å². The highest BCUT2D eigenvalue weighted by atomic mass is 35.5. The highest BCUT2D eigenvalue weighted by Gasteiger charge is 2.27. The van der Waals surface area contributed by atoms with Crippen LogP contribution in [0.5, 0.6) is 5.75 Å². The third-order valence-electron chi connectivity index (χ3n) is 4.51. The Morgan fingerprint density at radius 2 is 2.14 bits per heavy atom. The third-order valence-corrected chi connectivity index (χ3v) is 5.28. The van der Waals surface area contributed by atoms with E-state index >= 15 is 0 Å². The van der Waals surface area contributed by atoms with E-state index in [2.05, 4.69) is 15.1 Å². The third kappa shape index (κ3) is 4.90. The molecule has 3 rings (SSSR count). The zero-order valence-electron chi connectivity index (χ0n) is 15.5. The molecule has 1 amide bonds. The van der Waals surface area contributed by atoms with Crippen LogP contribution in [0.2, 0.25) is 5.15 Å². The Bertz CT molecular complexity index is 887. The van der Waals surface area contributed by atoms with Gasteiger partial charge in [-0.15, -0.1) is 0 Å². The van der Waals surface area contributed by atoms with Gasteiger partial charge in [0.15, 0.2) is 10.9 Å². The van der Waals surface area contributed by atoms with Gasteiger partial charge in [0, 0.05) is 49.1 Å². The molecule has 2 aromatic rings. The van der Waals surface area contributed by atoms with Gasteiger partial charge in [0.2, 0.25) is 0 Å². The maximum atomic E-state index is 11.2. The molecule has 2 aromatic heterocycles. The van der Waals surface area contributed by atoms with Crippen LogP contribution in [0.15, 0.2) is 34.8 Å². The number of rotatable bonds is 5. The minimum Gasteiger partial charge on any atom is -0.465 e. The Kier molecular flexibility index (Phi) is 6.69. The van der Waals surface area contributed by atoms with Gasteiger partial charge >= 0.3 is 6.09 Å². The number of carboxylic acid groups (broad SMARTS) is 1. The van der Waals surface area contributed by atoms with Crippen LogP contribution >= 0.6 is 23.4 Å². The van der Waals surface area contributed by atoms with E-state index in [0.29, 0.717) is 47.7 Å². The van der Waals surface area contributed by atoms with E-state index in [9.17, 15) is 4.79 Å². The number of carbonyl (C=O) groups is 1. The number of oxime groups is 1. The van der Waals surface area contributed by atoms with Crippen molar-refractivity contribution in [3.05, 3.63) is 40.9 Å². The fourth-order valence-corrected chi connectivity index (χ4v) is 3.53. The van der Waals surface area contributed by atoms with Crippen molar-refractivity contribution in [2.75, 3.05) is 19.3 Å². The summed E-state index contributed by atoms with van der Waals surface area (Å²) < 4.78 is 0. The second-order valence-corrected chi connectivity index (χ2v) is 7.44. The average Bonchev–Trinajstić information content (AvgIpc) is 2.71. The van der Waals surface area contributed by atoms with Crippen LogP contribution < -0.4 is 4.84 Å². The highest BCUT2D eigenvalue weighted by Crippen LogP contribution is 2.30. The smallest absolute Gasteiger partial charge is 0.407 e. The Balaban J connectivity index is 1.84. The fraction of sp³-hybridized carbons (Fsp3) is 0.389. The Morgan fingerprint density at radius 3 is 2.79 bits per heavy atom. The lowest BCUT2D eigenvalue weighted by Gasteiger charge is -2.30.